The van der Waals surface area contributed by atoms with Crippen LogP contribution < -0.4 is 5.32 Å². The van der Waals surface area contributed by atoms with Crippen LogP contribution in [0.2, 0.25) is 5.02 Å². The molecule has 0 aliphatic carbocycles. The Balaban J connectivity index is 1.61. The summed E-state index contributed by atoms with van der Waals surface area (Å²) in [5.41, 5.74) is 0. The Morgan fingerprint density at radius 2 is 2.25 bits per heavy atom. The molecule has 0 saturated carbocycles. The lowest BCUT2D eigenvalue weighted by Gasteiger charge is -2.19. The van der Waals surface area contributed by atoms with E-state index in [1.165, 1.54) is 12.8 Å². The van der Waals surface area contributed by atoms with Crippen LogP contribution in [0, 0.1) is 0 Å². The van der Waals surface area contributed by atoms with E-state index in [1.54, 1.807) is 11.8 Å². The average Bonchev–Trinajstić information content (AvgIpc) is 2.96. The smallest absolute Gasteiger partial charge is 0.243 e. The van der Waals surface area contributed by atoms with E-state index < -0.39 is 0 Å². The number of benzene rings is 1. The summed E-state index contributed by atoms with van der Waals surface area (Å²) in [4.78, 5) is 5.51. The zero-order valence-corrected chi connectivity index (χ0v) is 12.6. The molecule has 6 heteroatoms. The molecule has 20 heavy (non-hydrogen) atoms. The third kappa shape index (κ3) is 3.34. The van der Waals surface area contributed by atoms with Gasteiger partial charge in [0.25, 0.3) is 0 Å². The molecule has 1 fully saturated rings. The molecule has 0 amide bonds. The molecule has 1 aliphatic rings. The highest BCUT2D eigenvalue weighted by molar-refractivity contribution is 7.98. The molecule has 0 bridgehead atoms. The minimum absolute atomic E-state index is 0.218. The number of aromatic nitrogens is 2. The number of halogens is 1. The van der Waals surface area contributed by atoms with E-state index in [0.717, 1.165) is 28.7 Å². The summed E-state index contributed by atoms with van der Waals surface area (Å²) in [5, 5.41) is 8.21. The van der Waals surface area contributed by atoms with Gasteiger partial charge in [-0.1, -0.05) is 35.3 Å². The third-order valence-electron chi connectivity index (χ3n) is 3.29. The molecular formula is C14H16ClN3OS. The van der Waals surface area contributed by atoms with Gasteiger partial charge in [0.1, 0.15) is 0 Å². The van der Waals surface area contributed by atoms with Crippen molar-refractivity contribution in [1.82, 2.24) is 15.5 Å². The number of rotatable bonds is 4. The molecule has 2 aromatic rings. The molecule has 1 atom stereocenters. The summed E-state index contributed by atoms with van der Waals surface area (Å²) in [5.74, 6) is 2.09. The maximum absolute atomic E-state index is 6.12. The Morgan fingerprint density at radius 1 is 1.35 bits per heavy atom. The summed E-state index contributed by atoms with van der Waals surface area (Å²) in [6, 6.07) is 8.00. The fourth-order valence-corrected chi connectivity index (χ4v) is 3.32. The Kier molecular flexibility index (Phi) is 4.60. The topological polar surface area (TPSA) is 51.0 Å². The molecule has 2 heterocycles. The number of hydrogen-bond donors (Lipinski definition) is 1. The van der Waals surface area contributed by atoms with Crippen molar-refractivity contribution in [2.45, 2.75) is 36.0 Å². The van der Waals surface area contributed by atoms with E-state index >= 15 is 0 Å². The molecule has 1 saturated heterocycles. The highest BCUT2D eigenvalue weighted by atomic mass is 35.5. The molecule has 1 N–H and O–H groups in total. The van der Waals surface area contributed by atoms with Gasteiger partial charge in [-0.25, -0.2) is 0 Å². The molecule has 0 unspecified atom stereocenters. The summed E-state index contributed by atoms with van der Waals surface area (Å²) in [6.45, 7) is 1.02. The van der Waals surface area contributed by atoms with Crippen LogP contribution in [0.25, 0.3) is 0 Å². The van der Waals surface area contributed by atoms with Crippen molar-refractivity contribution in [3.8, 4) is 0 Å². The summed E-state index contributed by atoms with van der Waals surface area (Å²) >= 11 is 7.75. The van der Waals surface area contributed by atoms with Crippen LogP contribution in [0.15, 0.2) is 33.7 Å². The highest BCUT2D eigenvalue weighted by Gasteiger charge is 2.20. The molecule has 1 aliphatic heterocycles. The zero-order valence-electron chi connectivity index (χ0n) is 11.0. The van der Waals surface area contributed by atoms with Crippen LogP contribution in [0.1, 0.15) is 37.0 Å². The van der Waals surface area contributed by atoms with Gasteiger partial charge >= 0.3 is 0 Å². The molecule has 0 spiro atoms. The highest BCUT2D eigenvalue weighted by Crippen LogP contribution is 2.29. The minimum Gasteiger partial charge on any atom is -0.338 e. The van der Waals surface area contributed by atoms with Crippen molar-refractivity contribution in [2.24, 2.45) is 0 Å². The lowest BCUT2D eigenvalue weighted by atomic mass is 10.1. The van der Waals surface area contributed by atoms with Gasteiger partial charge in [-0.2, -0.15) is 4.98 Å². The van der Waals surface area contributed by atoms with Crippen LogP contribution >= 0.6 is 23.4 Å². The van der Waals surface area contributed by atoms with Crippen LogP contribution in [-0.2, 0) is 5.75 Å². The van der Waals surface area contributed by atoms with E-state index in [9.17, 15) is 0 Å². The van der Waals surface area contributed by atoms with Gasteiger partial charge in [0, 0.05) is 4.90 Å². The van der Waals surface area contributed by atoms with Crippen LogP contribution in [0.3, 0.4) is 0 Å². The number of thioether (sulfide) groups is 1. The fourth-order valence-electron chi connectivity index (χ4n) is 2.23. The molecule has 4 nitrogen and oxygen atoms in total. The van der Waals surface area contributed by atoms with Crippen LogP contribution in [-0.4, -0.2) is 16.7 Å². The van der Waals surface area contributed by atoms with Gasteiger partial charge < -0.3 is 9.84 Å². The van der Waals surface area contributed by atoms with Crippen molar-refractivity contribution in [1.29, 1.82) is 0 Å². The van der Waals surface area contributed by atoms with E-state index in [4.69, 9.17) is 16.1 Å². The second-order valence-electron chi connectivity index (χ2n) is 4.77. The molecule has 0 radical (unpaired) electrons. The van der Waals surface area contributed by atoms with E-state index in [-0.39, 0.29) is 6.04 Å². The monoisotopic (exact) mass is 309 g/mol. The van der Waals surface area contributed by atoms with Crippen molar-refractivity contribution in [2.75, 3.05) is 6.54 Å². The maximum Gasteiger partial charge on any atom is 0.243 e. The van der Waals surface area contributed by atoms with Crippen molar-refractivity contribution >= 4 is 23.4 Å². The Labute approximate surface area is 127 Å². The normalized spacial score (nSPS) is 19.1. The molecule has 1 aromatic carbocycles. The summed E-state index contributed by atoms with van der Waals surface area (Å²) in [6.07, 6.45) is 3.50. The second kappa shape index (κ2) is 6.61. The maximum atomic E-state index is 6.12. The predicted molar refractivity (Wildman–Crippen MR) is 79.9 cm³/mol. The molecule has 3 rings (SSSR count). The molecular weight excluding hydrogens is 294 g/mol. The second-order valence-corrected chi connectivity index (χ2v) is 6.19. The molecule has 106 valence electrons. The lowest BCUT2D eigenvalue weighted by Crippen LogP contribution is -2.26. The number of nitrogens with one attached hydrogen (secondary N) is 1. The Bertz CT molecular complexity index is 569. The standard InChI is InChI=1S/C14H16ClN3OS/c15-10-5-1-2-7-12(10)20-9-13-17-14(19-18-13)11-6-3-4-8-16-11/h1-2,5,7,11,16H,3-4,6,8-9H2/t11-/m1/s1. The first-order chi connectivity index (χ1) is 9.83. The van der Waals surface area contributed by atoms with Gasteiger partial charge in [0.2, 0.25) is 5.89 Å². The third-order valence-corrected chi connectivity index (χ3v) is 4.80. The average molecular weight is 310 g/mol. The quantitative estimate of drug-likeness (QED) is 0.870. The van der Waals surface area contributed by atoms with Gasteiger partial charge in [0.05, 0.1) is 16.8 Å². The largest absolute Gasteiger partial charge is 0.338 e. The Morgan fingerprint density at radius 3 is 3.05 bits per heavy atom. The summed E-state index contributed by atoms with van der Waals surface area (Å²) in [7, 11) is 0. The number of hydrogen-bond acceptors (Lipinski definition) is 5. The first kappa shape index (κ1) is 13.9. The number of piperidine rings is 1. The minimum atomic E-state index is 0.218. The first-order valence-corrected chi connectivity index (χ1v) is 8.12. The zero-order chi connectivity index (χ0) is 13.8. The van der Waals surface area contributed by atoms with Gasteiger partial charge in [-0.05, 0) is 31.5 Å². The predicted octanol–water partition coefficient (Wildman–Crippen LogP) is 3.83. The van der Waals surface area contributed by atoms with Crippen LogP contribution in [0.4, 0.5) is 0 Å². The Hall–Kier alpha value is -1.04. The summed E-state index contributed by atoms with van der Waals surface area (Å²) < 4.78 is 5.35. The first-order valence-electron chi connectivity index (χ1n) is 6.76. The van der Waals surface area contributed by atoms with Crippen molar-refractivity contribution < 1.29 is 4.52 Å². The lowest BCUT2D eigenvalue weighted by molar-refractivity contribution is 0.296. The van der Waals surface area contributed by atoms with E-state index in [2.05, 4.69) is 15.5 Å². The fraction of sp³-hybridized carbons (Fsp3) is 0.429. The van der Waals surface area contributed by atoms with E-state index in [0.29, 0.717) is 11.6 Å². The van der Waals surface area contributed by atoms with Gasteiger partial charge in [0.15, 0.2) is 5.82 Å². The number of nitrogens with zero attached hydrogens (tertiary/aromatic N) is 2. The molecule has 1 aromatic heterocycles. The van der Waals surface area contributed by atoms with Crippen LogP contribution in [0.5, 0.6) is 0 Å². The van der Waals surface area contributed by atoms with Gasteiger partial charge in [-0.15, -0.1) is 11.8 Å². The van der Waals surface area contributed by atoms with Gasteiger partial charge in [-0.3, -0.25) is 0 Å². The van der Waals surface area contributed by atoms with Crippen molar-refractivity contribution in [3.63, 3.8) is 0 Å². The van der Waals surface area contributed by atoms with Crippen molar-refractivity contribution in [3.05, 3.63) is 41.0 Å². The van der Waals surface area contributed by atoms with E-state index in [1.807, 2.05) is 24.3 Å². The SMILES string of the molecule is Clc1ccccc1SCc1noc([C@H]2CCCCN2)n1.